The number of unbranched alkanes of at least 4 members (excludes halogenated alkanes) is 1. The van der Waals surface area contributed by atoms with Crippen molar-refractivity contribution in [1.82, 2.24) is 10.2 Å². The third-order valence-electron chi connectivity index (χ3n) is 8.27. The maximum atomic E-state index is 15.2. The van der Waals surface area contributed by atoms with Gasteiger partial charge in [-0.15, -0.1) is 0 Å². The van der Waals surface area contributed by atoms with E-state index in [1.165, 1.54) is 31.7 Å². The number of nitrogens with zero attached hydrogens (tertiary/aromatic N) is 1. The Hall–Kier alpha value is -1.21. The van der Waals surface area contributed by atoms with Gasteiger partial charge in [-0.2, -0.15) is 0 Å². The second-order valence-electron chi connectivity index (χ2n) is 10.9. The van der Waals surface area contributed by atoms with E-state index in [0.717, 1.165) is 38.1 Å². The van der Waals surface area contributed by atoms with Gasteiger partial charge in [0.15, 0.2) is 0 Å². The van der Waals surface area contributed by atoms with E-state index in [2.05, 4.69) is 5.32 Å². The smallest absolute Gasteiger partial charge is 0.222 e. The van der Waals surface area contributed by atoms with Crippen LogP contribution in [-0.4, -0.2) is 55.8 Å². The van der Waals surface area contributed by atoms with Crippen molar-refractivity contribution in [2.45, 2.75) is 83.2 Å². The van der Waals surface area contributed by atoms with Gasteiger partial charge in [0.1, 0.15) is 5.82 Å². The average molecular weight is 525 g/mol. The molecule has 1 saturated carbocycles. The predicted molar refractivity (Wildman–Crippen MR) is 144 cm³/mol. The number of likely N-dealkylation sites (tertiary alicyclic amines) is 1. The molecule has 2 fully saturated rings. The molecule has 1 aliphatic heterocycles. The number of halogens is 2. The van der Waals surface area contributed by atoms with Gasteiger partial charge in [-0.25, -0.2) is 4.39 Å². The third kappa shape index (κ3) is 7.89. The van der Waals surface area contributed by atoms with Gasteiger partial charge in [-0.1, -0.05) is 49.4 Å². The molecule has 204 valence electrons. The topological polar surface area (TPSA) is 61.8 Å². The third-order valence-corrected chi connectivity index (χ3v) is 8.56. The number of rotatable bonds is 14. The van der Waals surface area contributed by atoms with Gasteiger partial charge in [0.05, 0.1) is 10.6 Å². The van der Waals surface area contributed by atoms with Crippen molar-refractivity contribution < 1.29 is 19.0 Å². The minimum atomic E-state index is -1.38. The van der Waals surface area contributed by atoms with E-state index in [1.807, 2.05) is 18.9 Å². The molecule has 1 aromatic carbocycles. The molecule has 0 aromatic heterocycles. The molecule has 3 rings (SSSR count). The van der Waals surface area contributed by atoms with E-state index in [0.29, 0.717) is 51.5 Å². The molecule has 0 unspecified atom stereocenters. The van der Waals surface area contributed by atoms with Crippen molar-refractivity contribution >= 4 is 17.5 Å². The van der Waals surface area contributed by atoms with E-state index in [-0.39, 0.29) is 22.4 Å². The summed E-state index contributed by atoms with van der Waals surface area (Å²) in [6.45, 7) is 5.22. The summed E-state index contributed by atoms with van der Waals surface area (Å²) in [6, 6.07) is 4.86. The first-order valence-electron chi connectivity index (χ1n) is 14.1. The molecule has 1 aliphatic carbocycles. The Morgan fingerprint density at radius 2 is 2.06 bits per heavy atom. The zero-order chi connectivity index (χ0) is 26.0. The average Bonchev–Trinajstić information content (AvgIpc) is 3.38. The molecule has 36 heavy (non-hydrogen) atoms. The molecular weight excluding hydrogens is 479 g/mol. The standard InChI is InChI=1S/C29H46ClFN2O3/c1-3-36-17-7-6-15-29(35,25-13-8-14-26(30)28(25)31)24-12-9-16-33(21-24)27(34)19-23(20-32-2)18-22-10-4-5-11-22/h8,13-14,22-24,32,35H,3-7,9-12,15-21H2,1-2H3/t23-,24-,29+/m1/s1. The zero-order valence-corrected chi connectivity index (χ0v) is 23.0. The first kappa shape index (κ1) is 29.3. The summed E-state index contributed by atoms with van der Waals surface area (Å²) in [4.78, 5) is 15.3. The molecule has 7 heteroatoms. The quantitative estimate of drug-likeness (QED) is 0.297. The molecule has 1 aromatic rings. The highest BCUT2D eigenvalue weighted by Gasteiger charge is 2.43. The first-order valence-corrected chi connectivity index (χ1v) is 14.4. The molecule has 2 aliphatic rings. The van der Waals surface area contributed by atoms with Gasteiger partial charge in [0.25, 0.3) is 0 Å². The normalized spacial score (nSPS) is 21.5. The van der Waals surface area contributed by atoms with E-state index in [9.17, 15) is 9.90 Å². The van der Waals surface area contributed by atoms with Crippen LogP contribution < -0.4 is 5.32 Å². The van der Waals surface area contributed by atoms with Crippen LogP contribution in [0.1, 0.15) is 83.1 Å². The van der Waals surface area contributed by atoms with Crippen LogP contribution in [0.2, 0.25) is 5.02 Å². The second kappa shape index (κ2) is 14.7. The number of hydrogen-bond acceptors (Lipinski definition) is 4. The Morgan fingerprint density at radius 3 is 2.78 bits per heavy atom. The number of amides is 1. The Labute approximate surface area is 222 Å². The molecule has 3 atom stereocenters. The summed E-state index contributed by atoms with van der Waals surface area (Å²) in [5, 5.41) is 15.3. The summed E-state index contributed by atoms with van der Waals surface area (Å²) in [5.74, 6) is 0.420. The number of carbonyl (C=O) groups is 1. The minimum Gasteiger partial charge on any atom is -0.385 e. The molecule has 1 saturated heterocycles. The van der Waals surface area contributed by atoms with E-state index < -0.39 is 11.4 Å². The molecule has 0 spiro atoms. The highest BCUT2D eigenvalue weighted by molar-refractivity contribution is 6.30. The van der Waals surface area contributed by atoms with E-state index in [1.54, 1.807) is 12.1 Å². The van der Waals surface area contributed by atoms with Crippen LogP contribution in [0.5, 0.6) is 0 Å². The summed E-state index contributed by atoms with van der Waals surface area (Å²) >= 11 is 6.12. The van der Waals surface area contributed by atoms with Crippen molar-refractivity contribution in [1.29, 1.82) is 0 Å². The van der Waals surface area contributed by atoms with Crippen LogP contribution in [0.3, 0.4) is 0 Å². The molecule has 0 radical (unpaired) electrons. The summed E-state index contributed by atoms with van der Waals surface area (Å²) in [5.41, 5.74) is -1.13. The number of hydrogen-bond donors (Lipinski definition) is 2. The SMILES string of the molecule is CCOCCCC[C@@](O)(c1cccc(Cl)c1F)[C@@H]1CCCN(C(=O)C[C@H](CNC)CC2CCCC2)C1. The lowest BCUT2D eigenvalue weighted by Crippen LogP contribution is -2.49. The molecule has 1 amide bonds. The van der Waals surface area contributed by atoms with Crippen LogP contribution in [0.4, 0.5) is 4.39 Å². The number of ether oxygens (including phenoxy) is 1. The Bertz CT molecular complexity index is 820. The zero-order valence-electron chi connectivity index (χ0n) is 22.2. The van der Waals surface area contributed by atoms with Crippen LogP contribution >= 0.6 is 11.6 Å². The van der Waals surface area contributed by atoms with Crippen molar-refractivity contribution in [3.05, 3.63) is 34.6 Å². The first-order chi connectivity index (χ1) is 17.4. The van der Waals surface area contributed by atoms with E-state index in [4.69, 9.17) is 16.3 Å². The molecule has 5 nitrogen and oxygen atoms in total. The van der Waals surface area contributed by atoms with Crippen LogP contribution in [0.25, 0.3) is 0 Å². The molecular formula is C29H46ClFN2O3. The van der Waals surface area contributed by atoms with Crippen LogP contribution in [0.15, 0.2) is 18.2 Å². The van der Waals surface area contributed by atoms with Crippen molar-refractivity contribution in [2.24, 2.45) is 17.8 Å². The Balaban J connectivity index is 1.72. The Morgan fingerprint density at radius 1 is 1.28 bits per heavy atom. The fraction of sp³-hybridized carbons (Fsp3) is 0.759. The highest BCUT2D eigenvalue weighted by atomic mass is 35.5. The predicted octanol–water partition coefficient (Wildman–Crippen LogP) is 5.92. The number of piperidine rings is 1. The van der Waals surface area contributed by atoms with Crippen LogP contribution in [-0.2, 0) is 15.1 Å². The monoisotopic (exact) mass is 524 g/mol. The van der Waals surface area contributed by atoms with E-state index >= 15 is 4.39 Å². The number of carbonyl (C=O) groups excluding carboxylic acids is 1. The summed E-state index contributed by atoms with van der Waals surface area (Å²) in [7, 11) is 1.95. The lowest BCUT2D eigenvalue weighted by Gasteiger charge is -2.43. The maximum Gasteiger partial charge on any atom is 0.222 e. The van der Waals surface area contributed by atoms with Crippen molar-refractivity contribution in [2.75, 3.05) is 39.9 Å². The van der Waals surface area contributed by atoms with Gasteiger partial charge in [0.2, 0.25) is 5.91 Å². The summed E-state index contributed by atoms with van der Waals surface area (Å²) < 4.78 is 20.6. The largest absolute Gasteiger partial charge is 0.385 e. The number of aliphatic hydroxyl groups is 1. The number of benzene rings is 1. The maximum absolute atomic E-state index is 15.2. The fourth-order valence-electron chi connectivity index (χ4n) is 6.35. The molecule has 0 bridgehead atoms. The van der Waals surface area contributed by atoms with Crippen molar-refractivity contribution in [3.63, 3.8) is 0 Å². The summed E-state index contributed by atoms with van der Waals surface area (Å²) in [6.07, 6.45) is 10.3. The van der Waals surface area contributed by atoms with Gasteiger partial charge < -0.3 is 20.1 Å². The lowest BCUT2D eigenvalue weighted by atomic mass is 9.73. The second-order valence-corrected chi connectivity index (χ2v) is 11.3. The minimum absolute atomic E-state index is 0.0193. The van der Waals surface area contributed by atoms with Gasteiger partial charge >= 0.3 is 0 Å². The fourth-order valence-corrected chi connectivity index (χ4v) is 6.53. The van der Waals surface area contributed by atoms with Crippen molar-refractivity contribution in [3.8, 4) is 0 Å². The highest BCUT2D eigenvalue weighted by Crippen LogP contribution is 2.42. The van der Waals surface area contributed by atoms with Crippen LogP contribution in [0, 0.1) is 23.6 Å². The molecule has 1 heterocycles. The van der Waals surface area contributed by atoms with Gasteiger partial charge in [0, 0.05) is 44.2 Å². The lowest BCUT2D eigenvalue weighted by molar-refractivity contribution is -0.138. The Kier molecular flexibility index (Phi) is 11.9. The molecule has 2 N–H and O–H groups in total. The van der Waals surface area contributed by atoms with Gasteiger partial charge in [-0.3, -0.25) is 4.79 Å². The number of nitrogens with one attached hydrogen (secondary N) is 1. The van der Waals surface area contributed by atoms with Gasteiger partial charge in [-0.05, 0) is 76.9 Å².